The lowest BCUT2D eigenvalue weighted by Crippen LogP contribution is -2.42. The molecule has 8 heteroatoms. The second-order valence-electron chi connectivity index (χ2n) is 5.07. The molecule has 0 unspecified atom stereocenters. The maximum atomic E-state index is 12.2. The Kier molecular flexibility index (Phi) is 6.56. The zero-order valence-corrected chi connectivity index (χ0v) is 14.7. The van der Waals surface area contributed by atoms with E-state index < -0.39 is 10.0 Å². The molecule has 1 aromatic rings. The van der Waals surface area contributed by atoms with Gasteiger partial charge < -0.3 is 10.2 Å². The van der Waals surface area contributed by atoms with E-state index in [-0.39, 0.29) is 18.4 Å². The number of anilines is 2. The van der Waals surface area contributed by atoms with Gasteiger partial charge in [-0.05, 0) is 32.0 Å². The number of rotatable bonds is 7. The Morgan fingerprint density at radius 3 is 2.26 bits per heavy atom. The molecule has 0 aliphatic heterocycles. The molecule has 128 valence electrons. The van der Waals surface area contributed by atoms with Crippen molar-refractivity contribution in [3.63, 3.8) is 0 Å². The SMILES string of the molecule is CCN(CC)C(=O)CN(c1cccc(NC(C)=O)c1)S(C)(=O)=O. The van der Waals surface area contributed by atoms with Gasteiger partial charge in [-0.1, -0.05) is 6.07 Å². The number of benzene rings is 1. The normalized spacial score (nSPS) is 11.0. The van der Waals surface area contributed by atoms with Crippen LogP contribution in [0.15, 0.2) is 24.3 Å². The molecule has 1 N–H and O–H groups in total. The number of sulfonamides is 1. The zero-order chi connectivity index (χ0) is 17.6. The van der Waals surface area contributed by atoms with E-state index in [1.54, 1.807) is 23.1 Å². The van der Waals surface area contributed by atoms with Crippen LogP contribution in [0.3, 0.4) is 0 Å². The van der Waals surface area contributed by atoms with E-state index in [4.69, 9.17) is 0 Å². The monoisotopic (exact) mass is 341 g/mol. The standard InChI is InChI=1S/C15H23N3O4S/c1-5-17(6-2)15(20)11-18(23(4,21)22)14-9-7-8-13(10-14)16-12(3)19/h7-10H,5-6,11H2,1-4H3,(H,16,19). The first-order chi connectivity index (χ1) is 10.7. The number of likely N-dealkylation sites (N-methyl/N-ethyl adjacent to an activating group) is 1. The average Bonchev–Trinajstić information content (AvgIpc) is 2.44. The third-order valence-electron chi connectivity index (χ3n) is 3.25. The molecule has 0 aliphatic carbocycles. The minimum Gasteiger partial charge on any atom is -0.342 e. The highest BCUT2D eigenvalue weighted by Crippen LogP contribution is 2.22. The Labute approximate surface area is 137 Å². The van der Waals surface area contributed by atoms with Crippen LogP contribution < -0.4 is 9.62 Å². The predicted molar refractivity (Wildman–Crippen MR) is 90.9 cm³/mol. The molecule has 0 heterocycles. The Morgan fingerprint density at radius 2 is 1.78 bits per heavy atom. The van der Waals surface area contributed by atoms with Gasteiger partial charge in [0.25, 0.3) is 0 Å². The lowest BCUT2D eigenvalue weighted by molar-refractivity contribution is -0.129. The molecule has 0 aliphatic rings. The summed E-state index contributed by atoms with van der Waals surface area (Å²) in [7, 11) is -3.64. The fourth-order valence-electron chi connectivity index (χ4n) is 2.14. The number of amides is 2. The molecule has 0 radical (unpaired) electrons. The van der Waals surface area contributed by atoms with E-state index in [1.807, 2.05) is 13.8 Å². The molecule has 2 amide bonds. The zero-order valence-electron chi connectivity index (χ0n) is 13.9. The van der Waals surface area contributed by atoms with E-state index in [9.17, 15) is 18.0 Å². The molecule has 0 aromatic heterocycles. The largest absolute Gasteiger partial charge is 0.342 e. The summed E-state index contributed by atoms with van der Waals surface area (Å²) in [5.74, 6) is -0.530. The first kappa shape index (κ1) is 19.0. The van der Waals surface area contributed by atoms with Gasteiger partial charge in [-0.3, -0.25) is 13.9 Å². The van der Waals surface area contributed by atoms with Crippen molar-refractivity contribution in [1.29, 1.82) is 0 Å². The third-order valence-corrected chi connectivity index (χ3v) is 4.39. The van der Waals surface area contributed by atoms with Crippen LogP contribution in [0.5, 0.6) is 0 Å². The molecule has 0 saturated carbocycles. The van der Waals surface area contributed by atoms with Crippen molar-refractivity contribution in [2.75, 3.05) is 35.5 Å². The van der Waals surface area contributed by atoms with Gasteiger partial charge in [-0.2, -0.15) is 0 Å². The third kappa shape index (κ3) is 5.55. The summed E-state index contributed by atoms with van der Waals surface area (Å²) in [6, 6.07) is 6.39. The van der Waals surface area contributed by atoms with E-state index in [1.165, 1.54) is 13.0 Å². The minimum atomic E-state index is -3.64. The van der Waals surface area contributed by atoms with Crippen molar-refractivity contribution >= 4 is 33.2 Å². The highest BCUT2D eigenvalue weighted by atomic mass is 32.2. The van der Waals surface area contributed by atoms with E-state index in [0.717, 1.165) is 10.6 Å². The van der Waals surface area contributed by atoms with Gasteiger partial charge in [0.2, 0.25) is 21.8 Å². The summed E-state index contributed by atoms with van der Waals surface area (Å²) >= 11 is 0. The lowest BCUT2D eigenvalue weighted by Gasteiger charge is -2.26. The topological polar surface area (TPSA) is 86.8 Å². The Hall–Kier alpha value is -2.09. The summed E-state index contributed by atoms with van der Waals surface area (Å²) in [4.78, 5) is 24.9. The number of carbonyl (C=O) groups is 2. The Balaban J connectivity index is 3.13. The van der Waals surface area contributed by atoms with Crippen LogP contribution >= 0.6 is 0 Å². The molecule has 1 rings (SSSR count). The van der Waals surface area contributed by atoms with Gasteiger partial charge in [0.05, 0.1) is 11.9 Å². The number of hydrogen-bond acceptors (Lipinski definition) is 4. The van der Waals surface area contributed by atoms with Crippen molar-refractivity contribution in [3.8, 4) is 0 Å². The Morgan fingerprint density at radius 1 is 1.17 bits per heavy atom. The first-order valence-electron chi connectivity index (χ1n) is 7.32. The van der Waals surface area contributed by atoms with Crippen LogP contribution in [-0.2, 0) is 19.6 Å². The molecule has 7 nitrogen and oxygen atoms in total. The molecule has 1 aromatic carbocycles. The van der Waals surface area contributed by atoms with Gasteiger partial charge in [0.1, 0.15) is 6.54 Å². The van der Waals surface area contributed by atoms with Crippen molar-refractivity contribution in [3.05, 3.63) is 24.3 Å². The minimum absolute atomic E-state index is 0.257. The second kappa shape index (κ2) is 7.96. The first-order valence-corrected chi connectivity index (χ1v) is 9.17. The molecule has 0 saturated heterocycles. The van der Waals surface area contributed by atoms with Crippen LogP contribution in [-0.4, -0.2) is 51.0 Å². The number of nitrogens with one attached hydrogen (secondary N) is 1. The number of nitrogens with zero attached hydrogens (tertiary/aromatic N) is 2. The fraction of sp³-hybridized carbons (Fsp3) is 0.467. The maximum Gasteiger partial charge on any atom is 0.243 e. The highest BCUT2D eigenvalue weighted by Gasteiger charge is 2.23. The van der Waals surface area contributed by atoms with E-state index in [2.05, 4.69) is 5.32 Å². The molecule has 0 atom stereocenters. The summed E-state index contributed by atoms with van der Waals surface area (Å²) in [5.41, 5.74) is 0.804. The molecule has 0 fully saturated rings. The number of hydrogen-bond donors (Lipinski definition) is 1. The van der Waals surface area contributed by atoms with Gasteiger partial charge in [0, 0.05) is 25.7 Å². The highest BCUT2D eigenvalue weighted by molar-refractivity contribution is 7.92. The summed E-state index contributed by atoms with van der Waals surface area (Å²) in [6.45, 7) is 5.79. The fourth-order valence-corrected chi connectivity index (χ4v) is 2.98. The summed E-state index contributed by atoms with van der Waals surface area (Å²) in [5, 5.41) is 2.59. The molecular weight excluding hydrogens is 318 g/mol. The molecule has 0 spiro atoms. The Bertz CT molecular complexity index is 669. The van der Waals surface area contributed by atoms with Gasteiger partial charge in [0.15, 0.2) is 0 Å². The van der Waals surface area contributed by atoms with Crippen LogP contribution in [0.25, 0.3) is 0 Å². The van der Waals surface area contributed by atoms with Crippen molar-refractivity contribution in [2.45, 2.75) is 20.8 Å². The van der Waals surface area contributed by atoms with E-state index >= 15 is 0 Å². The predicted octanol–water partition coefficient (Wildman–Crippen LogP) is 1.28. The maximum absolute atomic E-state index is 12.2. The van der Waals surface area contributed by atoms with Crippen LogP contribution in [0, 0.1) is 0 Å². The molecule has 23 heavy (non-hydrogen) atoms. The number of carbonyl (C=O) groups excluding carboxylic acids is 2. The smallest absolute Gasteiger partial charge is 0.243 e. The van der Waals surface area contributed by atoms with Crippen molar-refractivity contribution in [2.24, 2.45) is 0 Å². The van der Waals surface area contributed by atoms with Crippen molar-refractivity contribution < 1.29 is 18.0 Å². The van der Waals surface area contributed by atoms with Crippen LogP contribution in [0.4, 0.5) is 11.4 Å². The molecule has 0 bridgehead atoms. The quantitative estimate of drug-likeness (QED) is 0.809. The van der Waals surface area contributed by atoms with Gasteiger partial charge in [-0.15, -0.1) is 0 Å². The van der Waals surface area contributed by atoms with E-state index in [0.29, 0.717) is 24.5 Å². The summed E-state index contributed by atoms with van der Waals surface area (Å²) < 4.78 is 25.2. The van der Waals surface area contributed by atoms with Crippen LogP contribution in [0.1, 0.15) is 20.8 Å². The van der Waals surface area contributed by atoms with Gasteiger partial charge >= 0.3 is 0 Å². The summed E-state index contributed by atoms with van der Waals surface area (Å²) in [6.07, 6.45) is 1.05. The van der Waals surface area contributed by atoms with Crippen LogP contribution in [0.2, 0.25) is 0 Å². The van der Waals surface area contributed by atoms with Crippen molar-refractivity contribution in [1.82, 2.24) is 4.90 Å². The lowest BCUT2D eigenvalue weighted by atomic mass is 10.2. The average molecular weight is 341 g/mol. The molecular formula is C15H23N3O4S. The second-order valence-corrected chi connectivity index (χ2v) is 6.97. The van der Waals surface area contributed by atoms with Gasteiger partial charge in [-0.25, -0.2) is 8.42 Å².